The lowest BCUT2D eigenvalue weighted by Crippen LogP contribution is -2.29. The van der Waals surface area contributed by atoms with E-state index in [1.807, 2.05) is 0 Å². The Morgan fingerprint density at radius 1 is 0.759 bits per heavy atom. The van der Waals surface area contributed by atoms with E-state index in [2.05, 4.69) is 38.1 Å². The number of cyclic esters (lactones) is 1. The van der Waals surface area contributed by atoms with E-state index in [0.29, 0.717) is 0 Å². The summed E-state index contributed by atoms with van der Waals surface area (Å²) in [6, 6.07) is 8.76. The fourth-order valence-corrected chi connectivity index (χ4v) is 4.46. The molecule has 2 nitrogen and oxygen atoms in total. The Morgan fingerprint density at radius 3 is 1.97 bits per heavy atom. The summed E-state index contributed by atoms with van der Waals surface area (Å²) < 4.78 is 5.78. The minimum absolute atomic E-state index is 0.00379. The molecule has 0 aromatic heterocycles. The van der Waals surface area contributed by atoms with Crippen molar-refractivity contribution in [1.29, 1.82) is 0 Å². The SMILES string of the molecule is CCCCCCCCc1ccc(C2CCC(CCCCCCCC)OC2=O)cc1. The first kappa shape index (κ1) is 24.0. The highest BCUT2D eigenvalue weighted by atomic mass is 16.5. The second kappa shape index (κ2) is 14.6. The van der Waals surface area contributed by atoms with Gasteiger partial charge in [-0.1, -0.05) is 102 Å². The molecule has 0 saturated carbocycles. The molecule has 1 saturated heterocycles. The molecular formula is C27H44O2. The summed E-state index contributed by atoms with van der Waals surface area (Å²) >= 11 is 0. The average molecular weight is 401 g/mol. The highest BCUT2D eigenvalue weighted by molar-refractivity contribution is 5.79. The number of carbonyl (C=O) groups excluding carboxylic acids is 1. The molecule has 0 radical (unpaired) electrons. The van der Waals surface area contributed by atoms with Crippen LogP contribution in [0.4, 0.5) is 0 Å². The molecule has 0 N–H and O–H groups in total. The van der Waals surface area contributed by atoms with Gasteiger partial charge < -0.3 is 4.74 Å². The molecule has 2 atom stereocenters. The van der Waals surface area contributed by atoms with Crippen LogP contribution in [0.2, 0.25) is 0 Å². The minimum Gasteiger partial charge on any atom is -0.462 e. The average Bonchev–Trinajstić information content (AvgIpc) is 2.74. The lowest BCUT2D eigenvalue weighted by molar-refractivity contribution is -0.156. The van der Waals surface area contributed by atoms with Crippen molar-refractivity contribution in [3.63, 3.8) is 0 Å². The van der Waals surface area contributed by atoms with Gasteiger partial charge in [-0.2, -0.15) is 0 Å². The van der Waals surface area contributed by atoms with E-state index in [4.69, 9.17) is 4.74 Å². The first-order chi connectivity index (χ1) is 14.2. The summed E-state index contributed by atoms with van der Waals surface area (Å²) in [4.78, 5) is 12.5. The third-order valence-corrected chi connectivity index (χ3v) is 6.43. The van der Waals surface area contributed by atoms with Crippen LogP contribution in [0.1, 0.15) is 127 Å². The molecule has 0 amide bonds. The molecule has 29 heavy (non-hydrogen) atoms. The molecule has 2 unspecified atom stereocenters. The van der Waals surface area contributed by atoms with E-state index < -0.39 is 0 Å². The second-order valence-electron chi connectivity index (χ2n) is 9.00. The summed E-state index contributed by atoms with van der Waals surface area (Å²) in [5, 5.41) is 0. The van der Waals surface area contributed by atoms with Crippen molar-refractivity contribution >= 4 is 5.97 Å². The fourth-order valence-electron chi connectivity index (χ4n) is 4.46. The second-order valence-corrected chi connectivity index (χ2v) is 9.00. The molecule has 164 valence electrons. The molecule has 1 aliphatic rings. The van der Waals surface area contributed by atoms with Crippen LogP contribution in [0, 0.1) is 0 Å². The highest BCUT2D eigenvalue weighted by Crippen LogP contribution is 2.31. The van der Waals surface area contributed by atoms with E-state index >= 15 is 0 Å². The summed E-state index contributed by atoms with van der Waals surface area (Å²) in [5.41, 5.74) is 2.54. The molecule has 1 heterocycles. The van der Waals surface area contributed by atoms with Crippen LogP contribution in [0.25, 0.3) is 0 Å². The van der Waals surface area contributed by atoms with E-state index in [1.165, 1.54) is 82.6 Å². The Morgan fingerprint density at radius 2 is 1.34 bits per heavy atom. The van der Waals surface area contributed by atoms with Gasteiger partial charge in [0.05, 0.1) is 5.92 Å². The molecule has 1 aromatic rings. The molecule has 1 aliphatic heterocycles. The van der Waals surface area contributed by atoms with Crippen molar-refractivity contribution in [3.05, 3.63) is 35.4 Å². The van der Waals surface area contributed by atoms with Crippen LogP contribution >= 0.6 is 0 Å². The van der Waals surface area contributed by atoms with Crippen molar-refractivity contribution in [2.45, 2.75) is 129 Å². The van der Waals surface area contributed by atoms with Gasteiger partial charge in [0.1, 0.15) is 6.10 Å². The summed E-state index contributed by atoms with van der Waals surface area (Å²) in [5.74, 6) is -0.0604. The Labute approximate surface area is 179 Å². The molecule has 2 heteroatoms. The zero-order valence-corrected chi connectivity index (χ0v) is 19.1. The third-order valence-electron chi connectivity index (χ3n) is 6.43. The van der Waals surface area contributed by atoms with Crippen LogP contribution in [0.3, 0.4) is 0 Å². The van der Waals surface area contributed by atoms with Crippen molar-refractivity contribution in [2.75, 3.05) is 0 Å². The van der Waals surface area contributed by atoms with E-state index in [1.54, 1.807) is 0 Å². The zero-order chi connectivity index (χ0) is 20.7. The Kier molecular flexibility index (Phi) is 12.1. The molecule has 1 fully saturated rings. The van der Waals surface area contributed by atoms with Crippen LogP contribution < -0.4 is 0 Å². The number of aryl methyl sites for hydroxylation is 1. The van der Waals surface area contributed by atoms with Crippen molar-refractivity contribution < 1.29 is 9.53 Å². The zero-order valence-electron chi connectivity index (χ0n) is 19.1. The van der Waals surface area contributed by atoms with Gasteiger partial charge in [0.25, 0.3) is 0 Å². The molecule has 1 aromatic carbocycles. The van der Waals surface area contributed by atoms with Crippen LogP contribution in [-0.2, 0) is 16.0 Å². The summed E-state index contributed by atoms with van der Waals surface area (Å²) in [6.07, 6.45) is 20.1. The van der Waals surface area contributed by atoms with Gasteiger partial charge in [-0.3, -0.25) is 4.79 Å². The van der Waals surface area contributed by atoms with Crippen molar-refractivity contribution in [3.8, 4) is 0 Å². The predicted octanol–water partition coefficient (Wildman–Crippen LogP) is 8.13. The number of hydrogen-bond acceptors (Lipinski definition) is 2. The van der Waals surface area contributed by atoms with Gasteiger partial charge in [-0.15, -0.1) is 0 Å². The number of unbranched alkanes of at least 4 members (excludes halogenated alkanes) is 10. The van der Waals surface area contributed by atoms with Crippen LogP contribution in [-0.4, -0.2) is 12.1 Å². The maximum atomic E-state index is 12.5. The predicted molar refractivity (Wildman–Crippen MR) is 123 cm³/mol. The van der Waals surface area contributed by atoms with Crippen molar-refractivity contribution in [1.82, 2.24) is 0 Å². The standard InChI is InChI=1S/C27H44O2/c1-3-5-7-9-11-13-15-23-17-19-24(20-18-23)26-22-21-25(29-27(26)28)16-14-12-10-8-6-4-2/h17-20,25-26H,3-16,21-22H2,1-2H3. The van der Waals surface area contributed by atoms with Crippen LogP contribution in [0.15, 0.2) is 24.3 Å². The largest absolute Gasteiger partial charge is 0.462 e. The lowest BCUT2D eigenvalue weighted by atomic mass is 9.88. The topological polar surface area (TPSA) is 26.3 Å². The van der Waals surface area contributed by atoms with E-state index in [-0.39, 0.29) is 18.0 Å². The molecule has 2 rings (SSSR count). The maximum absolute atomic E-state index is 12.5. The molecule has 0 bridgehead atoms. The van der Waals surface area contributed by atoms with Gasteiger partial charge >= 0.3 is 5.97 Å². The summed E-state index contributed by atoms with van der Waals surface area (Å²) in [6.45, 7) is 4.51. The smallest absolute Gasteiger partial charge is 0.313 e. The van der Waals surface area contributed by atoms with E-state index in [9.17, 15) is 4.79 Å². The lowest BCUT2D eigenvalue weighted by Gasteiger charge is -2.28. The number of benzene rings is 1. The van der Waals surface area contributed by atoms with Gasteiger partial charge in [0.15, 0.2) is 0 Å². The monoisotopic (exact) mass is 400 g/mol. The van der Waals surface area contributed by atoms with Crippen LogP contribution in [0.5, 0.6) is 0 Å². The number of ether oxygens (including phenoxy) is 1. The van der Waals surface area contributed by atoms with Crippen molar-refractivity contribution in [2.24, 2.45) is 0 Å². The Balaban J connectivity index is 1.66. The van der Waals surface area contributed by atoms with E-state index in [0.717, 1.165) is 31.2 Å². The highest BCUT2D eigenvalue weighted by Gasteiger charge is 2.30. The minimum atomic E-state index is -0.0566. The Hall–Kier alpha value is -1.31. The number of carbonyl (C=O) groups is 1. The normalized spacial score (nSPS) is 19.3. The fraction of sp³-hybridized carbons (Fsp3) is 0.741. The first-order valence-electron chi connectivity index (χ1n) is 12.5. The van der Waals surface area contributed by atoms with Gasteiger partial charge in [0.2, 0.25) is 0 Å². The summed E-state index contributed by atoms with van der Waals surface area (Å²) in [7, 11) is 0. The molecule has 0 aliphatic carbocycles. The number of esters is 1. The first-order valence-corrected chi connectivity index (χ1v) is 12.5. The number of hydrogen-bond donors (Lipinski definition) is 0. The maximum Gasteiger partial charge on any atom is 0.313 e. The third kappa shape index (κ3) is 9.36. The number of rotatable bonds is 15. The van der Waals surface area contributed by atoms with Gasteiger partial charge in [-0.05, 0) is 49.7 Å². The van der Waals surface area contributed by atoms with Gasteiger partial charge in [0, 0.05) is 0 Å². The molecular weight excluding hydrogens is 356 g/mol. The van der Waals surface area contributed by atoms with Gasteiger partial charge in [-0.25, -0.2) is 0 Å². The molecule has 0 spiro atoms. The quantitative estimate of drug-likeness (QED) is 0.219. The Bertz CT molecular complexity index is 548.